The van der Waals surface area contributed by atoms with Gasteiger partial charge in [0.25, 0.3) is 5.91 Å². The third kappa shape index (κ3) is 2.66. The molecule has 0 spiro atoms. The lowest BCUT2D eigenvalue weighted by atomic mass is 9.97. The van der Waals surface area contributed by atoms with Gasteiger partial charge in [-0.05, 0) is 30.7 Å². The molecule has 0 fully saturated rings. The predicted molar refractivity (Wildman–Crippen MR) is 116 cm³/mol. The number of benzene rings is 2. The second-order valence-electron chi connectivity index (χ2n) is 6.91. The number of halogens is 1. The lowest BCUT2D eigenvalue weighted by Gasteiger charge is -2.24. The zero-order valence-corrected chi connectivity index (χ0v) is 17.6. The highest BCUT2D eigenvalue weighted by Crippen LogP contribution is 2.44. The topological polar surface area (TPSA) is 72.6 Å². The average molecular weight is 439 g/mol. The Morgan fingerprint density at radius 1 is 1.23 bits per heavy atom. The van der Waals surface area contributed by atoms with Gasteiger partial charge in [-0.2, -0.15) is 0 Å². The Balaban J connectivity index is 1.86. The van der Waals surface area contributed by atoms with Gasteiger partial charge in [-0.25, -0.2) is 4.98 Å². The Hall–Kier alpha value is -3.16. The van der Waals surface area contributed by atoms with Crippen LogP contribution in [0.25, 0.3) is 11.0 Å². The fourth-order valence-electron chi connectivity index (χ4n) is 3.81. The summed E-state index contributed by atoms with van der Waals surface area (Å²) >= 11 is 7.57. The van der Waals surface area contributed by atoms with E-state index in [1.54, 1.807) is 36.9 Å². The van der Waals surface area contributed by atoms with Gasteiger partial charge in [0, 0.05) is 22.2 Å². The van der Waals surface area contributed by atoms with Crippen molar-refractivity contribution in [2.24, 2.45) is 0 Å². The van der Waals surface area contributed by atoms with Gasteiger partial charge in [0.2, 0.25) is 5.76 Å². The van der Waals surface area contributed by atoms with Crippen LogP contribution in [0.5, 0.6) is 5.75 Å². The Morgan fingerprint density at radius 2 is 2.03 bits per heavy atom. The number of carbonyl (C=O) groups excluding carboxylic acids is 1. The highest BCUT2D eigenvalue weighted by atomic mass is 35.5. The van der Waals surface area contributed by atoms with Gasteiger partial charge >= 0.3 is 0 Å². The molecule has 0 bridgehead atoms. The number of aromatic nitrogens is 1. The molecule has 6 nitrogen and oxygen atoms in total. The number of hydrogen-bond donors (Lipinski definition) is 0. The molecule has 0 aliphatic carbocycles. The maximum absolute atomic E-state index is 13.6. The third-order valence-electron chi connectivity index (χ3n) is 5.21. The van der Waals surface area contributed by atoms with Gasteiger partial charge < -0.3 is 9.15 Å². The zero-order chi connectivity index (χ0) is 21.0. The molecule has 0 unspecified atom stereocenters. The molecule has 0 saturated carbocycles. The number of amides is 1. The molecule has 0 N–H and O–H groups in total. The van der Waals surface area contributed by atoms with Crippen LogP contribution in [0, 0.1) is 6.92 Å². The first-order valence-electron chi connectivity index (χ1n) is 9.14. The predicted octanol–water partition coefficient (Wildman–Crippen LogP) is 4.97. The number of fused-ring (bicyclic) bond motifs is 2. The molecule has 150 valence electrons. The third-order valence-corrected chi connectivity index (χ3v) is 6.39. The smallest absolute Gasteiger partial charge is 0.297 e. The molecule has 1 atom stereocenters. The highest BCUT2D eigenvalue weighted by molar-refractivity contribution is 7.13. The van der Waals surface area contributed by atoms with E-state index in [9.17, 15) is 9.59 Å². The molecule has 4 aromatic rings. The van der Waals surface area contributed by atoms with Crippen LogP contribution in [0.4, 0.5) is 5.13 Å². The first-order valence-corrected chi connectivity index (χ1v) is 10.4. The monoisotopic (exact) mass is 438 g/mol. The molecule has 5 rings (SSSR count). The van der Waals surface area contributed by atoms with Crippen LogP contribution in [-0.2, 0) is 0 Å². The number of rotatable bonds is 3. The number of nitrogens with zero attached hydrogens (tertiary/aromatic N) is 2. The van der Waals surface area contributed by atoms with Crippen molar-refractivity contribution in [3.63, 3.8) is 0 Å². The van der Waals surface area contributed by atoms with E-state index in [1.165, 1.54) is 16.2 Å². The van der Waals surface area contributed by atoms with Crippen molar-refractivity contribution in [1.82, 2.24) is 4.98 Å². The van der Waals surface area contributed by atoms with Crippen LogP contribution in [0.1, 0.15) is 33.3 Å². The molecule has 1 aliphatic rings. The van der Waals surface area contributed by atoms with Crippen molar-refractivity contribution in [2.75, 3.05) is 12.0 Å². The van der Waals surface area contributed by atoms with Crippen molar-refractivity contribution < 1.29 is 13.9 Å². The Bertz CT molecular complexity index is 1360. The SMILES string of the molecule is COc1ccccc1[C@H]1c2c(oc3cc(C)c(Cl)cc3c2=O)C(=O)N1c1nccs1. The van der Waals surface area contributed by atoms with E-state index in [-0.39, 0.29) is 16.8 Å². The quantitative estimate of drug-likeness (QED) is 0.451. The number of carbonyl (C=O) groups is 1. The maximum atomic E-state index is 13.6. The molecule has 8 heteroatoms. The standard InChI is InChI=1S/C22H15ClN2O4S/c1-11-9-16-13(10-14(11)23)19(26)17-18(12-5-3-4-6-15(12)28-2)25(21(27)20(17)29-16)22-24-7-8-30-22/h3-10,18H,1-2H3/t18-/m0/s1. The lowest BCUT2D eigenvalue weighted by Crippen LogP contribution is -2.29. The van der Waals surface area contributed by atoms with Gasteiger partial charge in [0.05, 0.1) is 18.1 Å². The minimum atomic E-state index is -0.726. The first-order chi connectivity index (χ1) is 14.5. The number of methoxy groups -OCH3 is 1. The zero-order valence-electron chi connectivity index (χ0n) is 16.0. The van der Waals surface area contributed by atoms with Crippen LogP contribution in [0.15, 0.2) is 57.2 Å². The Morgan fingerprint density at radius 3 is 2.77 bits per heavy atom. The number of para-hydroxylation sites is 1. The van der Waals surface area contributed by atoms with Crippen molar-refractivity contribution in [2.45, 2.75) is 13.0 Å². The van der Waals surface area contributed by atoms with Gasteiger partial charge in [0.15, 0.2) is 10.6 Å². The van der Waals surface area contributed by atoms with E-state index < -0.39 is 11.9 Å². The van der Waals surface area contributed by atoms with E-state index in [0.29, 0.717) is 32.4 Å². The second-order valence-corrected chi connectivity index (χ2v) is 8.19. The van der Waals surface area contributed by atoms with Gasteiger partial charge in [0.1, 0.15) is 17.4 Å². The van der Waals surface area contributed by atoms with E-state index in [4.69, 9.17) is 20.8 Å². The minimum absolute atomic E-state index is 0.0142. The fraction of sp³-hybridized carbons (Fsp3) is 0.136. The summed E-state index contributed by atoms with van der Waals surface area (Å²) in [7, 11) is 1.55. The van der Waals surface area contributed by atoms with Crippen molar-refractivity contribution in [1.29, 1.82) is 0 Å². The Kier molecular flexibility index (Phi) is 4.38. The summed E-state index contributed by atoms with van der Waals surface area (Å²) in [6.07, 6.45) is 1.62. The molecule has 2 aromatic heterocycles. The van der Waals surface area contributed by atoms with E-state index >= 15 is 0 Å². The minimum Gasteiger partial charge on any atom is -0.496 e. The summed E-state index contributed by atoms with van der Waals surface area (Å²) in [4.78, 5) is 32.8. The van der Waals surface area contributed by atoms with Crippen molar-refractivity contribution in [3.05, 3.63) is 85.7 Å². The number of aryl methyl sites for hydroxylation is 1. The summed E-state index contributed by atoms with van der Waals surface area (Å²) in [6, 6.07) is 9.84. The molecule has 30 heavy (non-hydrogen) atoms. The molecular formula is C22H15ClN2O4S. The molecule has 0 saturated heterocycles. The first kappa shape index (κ1) is 18.8. The van der Waals surface area contributed by atoms with E-state index in [2.05, 4.69) is 4.98 Å². The van der Waals surface area contributed by atoms with Crippen LogP contribution in [-0.4, -0.2) is 18.0 Å². The summed E-state index contributed by atoms with van der Waals surface area (Å²) in [6.45, 7) is 1.82. The maximum Gasteiger partial charge on any atom is 0.297 e. The molecular weight excluding hydrogens is 424 g/mol. The van der Waals surface area contributed by atoms with E-state index in [1.807, 2.05) is 25.1 Å². The van der Waals surface area contributed by atoms with Crippen LogP contribution in [0.2, 0.25) is 5.02 Å². The molecule has 2 aromatic carbocycles. The summed E-state index contributed by atoms with van der Waals surface area (Å²) in [5.74, 6) is 0.161. The molecule has 1 amide bonds. The van der Waals surface area contributed by atoms with E-state index in [0.717, 1.165) is 5.56 Å². The van der Waals surface area contributed by atoms with Gasteiger partial charge in [-0.3, -0.25) is 14.5 Å². The summed E-state index contributed by atoms with van der Waals surface area (Å²) < 4.78 is 11.5. The lowest BCUT2D eigenvalue weighted by molar-refractivity contribution is 0.0970. The average Bonchev–Trinajstić information content (AvgIpc) is 3.36. The van der Waals surface area contributed by atoms with Crippen LogP contribution in [0.3, 0.4) is 0 Å². The molecule has 3 heterocycles. The van der Waals surface area contributed by atoms with Crippen LogP contribution >= 0.6 is 22.9 Å². The second kappa shape index (κ2) is 6.97. The number of hydrogen-bond acceptors (Lipinski definition) is 6. The largest absolute Gasteiger partial charge is 0.496 e. The molecule has 0 radical (unpaired) electrons. The molecule has 1 aliphatic heterocycles. The van der Waals surface area contributed by atoms with Gasteiger partial charge in [-0.15, -0.1) is 11.3 Å². The fourth-order valence-corrected chi connectivity index (χ4v) is 4.64. The Labute approximate surface area is 180 Å². The normalized spacial score (nSPS) is 15.6. The number of thiazole rings is 1. The highest BCUT2D eigenvalue weighted by Gasteiger charge is 2.45. The number of ether oxygens (including phenoxy) is 1. The van der Waals surface area contributed by atoms with Gasteiger partial charge in [-0.1, -0.05) is 29.8 Å². The van der Waals surface area contributed by atoms with Crippen molar-refractivity contribution >= 4 is 44.9 Å². The summed E-state index contributed by atoms with van der Waals surface area (Å²) in [5, 5.41) is 3.04. The number of anilines is 1. The van der Waals surface area contributed by atoms with Crippen LogP contribution < -0.4 is 15.1 Å². The van der Waals surface area contributed by atoms with Crippen molar-refractivity contribution in [3.8, 4) is 5.75 Å². The summed E-state index contributed by atoms with van der Waals surface area (Å²) in [5.41, 5.74) is 1.72.